The van der Waals surface area contributed by atoms with Gasteiger partial charge < -0.3 is 30.2 Å². The molecule has 2 amide bonds. The molecule has 0 saturated heterocycles. The third-order valence-corrected chi connectivity index (χ3v) is 5.70. The molecule has 4 rings (SSSR count). The number of aromatic amines is 1. The van der Waals surface area contributed by atoms with Gasteiger partial charge in [-0.3, -0.25) is 4.79 Å². The molecule has 182 valence electrons. The summed E-state index contributed by atoms with van der Waals surface area (Å²) in [6.07, 6.45) is 2.51. The molecule has 35 heavy (non-hydrogen) atoms. The summed E-state index contributed by atoms with van der Waals surface area (Å²) in [6, 6.07) is 15.1. The molecule has 0 unspecified atom stereocenters. The molecule has 1 aliphatic carbocycles. The lowest BCUT2D eigenvalue weighted by Crippen LogP contribution is -2.49. The summed E-state index contributed by atoms with van der Waals surface area (Å²) in [7, 11) is 0. The highest BCUT2D eigenvalue weighted by molar-refractivity contribution is 5.86. The van der Waals surface area contributed by atoms with Gasteiger partial charge in [0.05, 0.1) is 12.9 Å². The predicted molar refractivity (Wildman–Crippen MR) is 126 cm³/mol. The van der Waals surface area contributed by atoms with Gasteiger partial charge in [-0.1, -0.05) is 48.5 Å². The number of carbonyl (C=O) groups is 3. The van der Waals surface area contributed by atoms with Crippen molar-refractivity contribution in [3.63, 3.8) is 0 Å². The van der Waals surface area contributed by atoms with Crippen molar-refractivity contribution < 1.29 is 29.0 Å². The number of carboxylic acid groups (broad SMARTS) is 1. The van der Waals surface area contributed by atoms with E-state index in [0.29, 0.717) is 5.69 Å². The molecule has 0 saturated carbocycles. The van der Waals surface area contributed by atoms with Crippen LogP contribution in [-0.2, 0) is 25.5 Å². The van der Waals surface area contributed by atoms with E-state index in [1.165, 1.54) is 6.33 Å². The van der Waals surface area contributed by atoms with Gasteiger partial charge in [-0.2, -0.15) is 0 Å². The number of alkyl carbamates (subject to hydrolysis) is 1. The van der Waals surface area contributed by atoms with Crippen LogP contribution in [-0.4, -0.2) is 65.5 Å². The number of carboxylic acids is 1. The van der Waals surface area contributed by atoms with Gasteiger partial charge in [-0.15, -0.1) is 0 Å². The Morgan fingerprint density at radius 2 is 1.74 bits per heavy atom. The largest absolute Gasteiger partial charge is 0.480 e. The highest BCUT2D eigenvalue weighted by Gasteiger charge is 2.30. The van der Waals surface area contributed by atoms with Gasteiger partial charge in [0.1, 0.15) is 19.3 Å². The lowest BCUT2D eigenvalue weighted by molar-refractivity contribution is -0.142. The highest BCUT2D eigenvalue weighted by Crippen LogP contribution is 2.44. The van der Waals surface area contributed by atoms with Gasteiger partial charge >= 0.3 is 12.1 Å². The van der Waals surface area contributed by atoms with Crippen LogP contribution >= 0.6 is 0 Å². The molecule has 1 aliphatic rings. The highest BCUT2D eigenvalue weighted by atomic mass is 16.5. The summed E-state index contributed by atoms with van der Waals surface area (Å²) in [6.45, 7) is -0.204. The van der Waals surface area contributed by atoms with Crippen molar-refractivity contribution in [2.24, 2.45) is 0 Å². The van der Waals surface area contributed by atoms with Crippen molar-refractivity contribution in [1.82, 2.24) is 20.6 Å². The number of fused-ring (bicyclic) bond motifs is 3. The van der Waals surface area contributed by atoms with Crippen LogP contribution in [0.5, 0.6) is 0 Å². The van der Waals surface area contributed by atoms with E-state index in [-0.39, 0.29) is 32.1 Å². The first-order valence-electron chi connectivity index (χ1n) is 11.2. The monoisotopic (exact) mass is 478 g/mol. The molecule has 10 heteroatoms. The molecule has 3 aromatic rings. The summed E-state index contributed by atoms with van der Waals surface area (Å²) >= 11 is 0. The maximum absolute atomic E-state index is 12.7. The number of benzene rings is 2. The van der Waals surface area contributed by atoms with Crippen LogP contribution in [0.25, 0.3) is 11.1 Å². The molecule has 0 fully saturated rings. The Balaban J connectivity index is 1.36. The van der Waals surface area contributed by atoms with E-state index in [9.17, 15) is 14.4 Å². The first-order chi connectivity index (χ1) is 17.0. The van der Waals surface area contributed by atoms with Crippen molar-refractivity contribution in [1.29, 1.82) is 0 Å². The summed E-state index contributed by atoms with van der Waals surface area (Å²) < 4.78 is 10.5. The Bertz CT molecular complexity index is 1130. The molecule has 1 aromatic heterocycles. The van der Waals surface area contributed by atoms with Crippen LogP contribution in [0, 0.1) is 0 Å². The third-order valence-electron chi connectivity index (χ3n) is 5.70. The van der Waals surface area contributed by atoms with Crippen LogP contribution in [0.1, 0.15) is 22.7 Å². The first kappa shape index (κ1) is 24.0. The minimum atomic E-state index is -1.09. The number of nitrogens with zero attached hydrogens (tertiary/aromatic N) is 1. The van der Waals surface area contributed by atoms with Crippen molar-refractivity contribution in [2.75, 3.05) is 26.4 Å². The fourth-order valence-electron chi connectivity index (χ4n) is 4.14. The number of rotatable bonds is 11. The topological polar surface area (TPSA) is 143 Å². The zero-order valence-electron chi connectivity index (χ0n) is 18.9. The number of hydrogen-bond acceptors (Lipinski definition) is 6. The molecule has 1 atom stereocenters. The van der Waals surface area contributed by atoms with Gasteiger partial charge in [0.2, 0.25) is 5.91 Å². The Morgan fingerprint density at radius 3 is 2.37 bits per heavy atom. The number of carbonyl (C=O) groups excluding carboxylic acids is 2. The summed E-state index contributed by atoms with van der Waals surface area (Å²) in [5.41, 5.74) is 5.09. The maximum atomic E-state index is 12.7. The van der Waals surface area contributed by atoms with Crippen molar-refractivity contribution in [3.8, 4) is 11.1 Å². The number of nitrogens with one attached hydrogen (secondary N) is 3. The average Bonchev–Trinajstić information content (AvgIpc) is 3.48. The number of hydrogen-bond donors (Lipinski definition) is 4. The lowest BCUT2D eigenvalue weighted by atomic mass is 9.98. The third kappa shape index (κ3) is 6.04. The molecule has 1 heterocycles. The van der Waals surface area contributed by atoms with Crippen LogP contribution in [0.3, 0.4) is 0 Å². The molecular weight excluding hydrogens is 452 g/mol. The van der Waals surface area contributed by atoms with E-state index in [1.54, 1.807) is 6.20 Å². The molecule has 0 radical (unpaired) electrons. The molecule has 0 bridgehead atoms. The number of H-pyrrole nitrogens is 1. The Labute approximate surface area is 201 Å². The second kappa shape index (κ2) is 11.3. The second-order valence-corrected chi connectivity index (χ2v) is 8.04. The number of ether oxygens (including phenoxy) is 2. The molecule has 0 aliphatic heterocycles. The fraction of sp³-hybridized carbons (Fsp3) is 0.280. The molecule has 10 nitrogen and oxygen atoms in total. The zero-order chi connectivity index (χ0) is 24.6. The van der Waals surface area contributed by atoms with Gasteiger partial charge in [0.15, 0.2) is 0 Å². The van der Waals surface area contributed by atoms with E-state index >= 15 is 0 Å². The van der Waals surface area contributed by atoms with Crippen LogP contribution in [0.15, 0.2) is 61.1 Å². The van der Waals surface area contributed by atoms with Gasteiger partial charge in [-0.25, -0.2) is 14.6 Å². The standard InChI is InChI=1S/C25H26N4O6/c30-23(31)14-34-10-9-27-24(32)22(11-16-12-26-15-28-16)29-25(33)35-13-21-19-7-3-1-5-17(19)18-6-2-4-8-20(18)21/h1-8,12,15,21-22H,9-11,13-14H2,(H,26,28)(H,27,32)(H,29,33)(H,30,31)/t22-/m1/s1. The number of aliphatic carboxylic acids is 1. The van der Waals surface area contributed by atoms with Crippen molar-refractivity contribution >= 4 is 18.0 Å². The first-order valence-corrected chi connectivity index (χ1v) is 11.2. The fourth-order valence-corrected chi connectivity index (χ4v) is 4.14. The van der Waals surface area contributed by atoms with E-state index in [4.69, 9.17) is 14.6 Å². The number of imidazole rings is 1. The van der Waals surface area contributed by atoms with Gasteiger partial charge in [0.25, 0.3) is 0 Å². The molecule has 2 aromatic carbocycles. The Morgan fingerprint density at radius 1 is 1.06 bits per heavy atom. The smallest absolute Gasteiger partial charge is 0.407 e. The van der Waals surface area contributed by atoms with E-state index in [0.717, 1.165) is 22.3 Å². The van der Waals surface area contributed by atoms with Crippen LogP contribution < -0.4 is 10.6 Å². The molecular formula is C25H26N4O6. The average molecular weight is 479 g/mol. The van der Waals surface area contributed by atoms with E-state index in [2.05, 4.69) is 32.7 Å². The van der Waals surface area contributed by atoms with Gasteiger partial charge in [0, 0.05) is 30.8 Å². The van der Waals surface area contributed by atoms with Crippen molar-refractivity contribution in [2.45, 2.75) is 18.4 Å². The van der Waals surface area contributed by atoms with E-state index < -0.39 is 30.6 Å². The summed E-state index contributed by atoms with van der Waals surface area (Å²) in [4.78, 5) is 42.8. The molecule has 0 spiro atoms. The molecule has 4 N–H and O–H groups in total. The maximum Gasteiger partial charge on any atom is 0.407 e. The lowest BCUT2D eigenvalue weighted by Gasteiger charge is -2.19. The zero-order valence-corrected chi connectivity index (χ0v) is 18.9. The van der Waals surface area contributed by atoms with Crippen LogP contribution in [0.4, 0.5) is 4.79 Å². The Hall–Kier alpha value is -4.18. The minimum absolute atomic E-state index is 0.0275. The predicted octanol–water partition coefficient (Wildman–Crippen LogP) is 2.08. The second-order valence-electron chi connectivity index (χ2n) is 8.04. The quantitative estimate of drug-likeness (QED) is 0.309. The summed E-state index contributed by atoms with van der Waals surface area (Å²) in [5, 5.41) is 13.9. The summed E-state index contributed by atoms with van der Waals surface area (Å²) in [5.74, 6) is -1.64. The normalized spacial score (nSPS) is 12.9. The number of amides is 2. The van der Waals surface area contributed by atoms with E-state index in [1.807, 2.05) is 36.4 Å². The minimum Gasteiger partial charge on any atom is -0.480 e. The van der Waals surface area contributed by atoms with Crippen molar-refractivity contribution in [3.05, 3.63) is 77.9 Å². The van der Waals surface area contributed by atoms with Gasteiger partial charge in [-0.05, 0) is 22.3 Å². The number of aromatic nitrogens is 2. The SMILES string of the molecule is O=C(O)COCCNC(=O)[C@@H](Cc1cnc[nH]1)NC(=O)OCC1c2ccccc2-c2ccccc21. The Kier molecular flexibility index (Phi) is 7.74. The van der Waals surface area contributed by atoms with Crippen LogP contribution in [0.2, 0.25) is 0 Å².